The van der Waals surface area contributed by atoms with Crippen LogP contribution < -0.4 is 20.7 Å². The number of hydrogen-bond donors (Lipinski definition) is 3. The fourth-order valence-corrected chi connectivity index (χ4v) is 4.41. The van der Waals surface area contributed by atoms with Gasteiger partial charge in [0.2, 0.25) is 11.8 Å². The van der Waals surface area contributed by atoms with Crippen LogP contribution in [-0.2, 0) is 12.7 Å². The topological polar surface area (TPSA) is 94.6 Å². The van der Waals surface area contributed by atoms with Gasteiger partial charge in [0.05, 0.1) is 5.56 Å². The van der Waals surface area contributed by atoms with Crippen LogP contribution in [0.2, 0.25) is 0 Å². The van der Waals surface area contributed by atoms with Crippen LogP contribution in [0.25, 0.3) is 0 Å². The van der Waals surface area contributed by atoms with E-state index in [-0.39, 0.29) is 23.3 Å². The molecule has 0 atom stereocenters. The summed E-state index contributed by atoms with van der Waals surface area (Å²) in [4.78, 5) is 25.1. The van der Waals surface area contributed by atoms with Crippen LogP contribution in [0, 0.1) is 0 Å². The molecule has 0 spiro atoms. The van der Waals surface area contributed by atoms with Gasteiger partial charge >= 0.3 is 12.2 Å². The van der Waals surface area contributed by atoms with E-state index in [0.29, 0.717) is 36.4 Å². The van der Waals surface area contributed by atoms with Gasteiger partial charge in [0, 0.05) is 68.9 Å². The number of halogens is 3. The Bertz CT molecular complexity index is 1300. The van der Waals surface area contributed by atoms with Crippen molar-refractivity contribution in [3.8, 4) is 11.6 Å². The van der Waals surface area contributed by atoms with Crippen molar-refractivity contribution in [1.29, 1.82) is 0 Å². The molecule has 0 radical (unpaired) electrons. The number of alkyl halides is 3. The number of carbonyl (C=O) groups excluding carboxylic acids is 1. The van der Waals surface area contributed by atoms with E-state index in [9.17, 15) is 18.0 Å². The largest absolute Gasteiger partial charge is 0.439 e. The van der Waals surface area contributed by atoms with Gasteiger partial charge in [-0.25, -0.2) is 9.78 Å². The molecule has 0 aliphatic carbocycles. The number of ether oxygens (including phenoxy) is 1. The smallest absolute Gasteiger partial charge is 0.416 e. The number of anilines is 3. The van der Waals surface area contributed by atoms with Crippen LogP contribution in [-0.4, -0.2) is 64.6 Å². The summed E-state index contributed by atoms with van der Waals surface area (Å²) in [6.07, 6.45) is -3.00. The van der Waals surface area contributed by atoms with Crippen molar-refractivity contribution in [3.63, 3.8) is 0 Å². The van der Waals surface area contributed by atoms with Crippen LogP contribution in [0.4, 0.5) is 35.3 Å². The number of urea groups is 1. The highest BCUT2D eigenvalue weighted by atomic mass is 19.4. The molecule has 1 saturated heterocycles. The van der Waals surface area contributed by atoms with Crippen molar-refractivity contribution in [3.05, 3.63) is 65.9 Å². The van der Waals surface area contributed by atoms with Gasteiger partial charge in [-0.2, -0.15) is 18.2 Å². The monoisotopic (exact) mass is 557 g/mol. The van der Waals surface area contributed by atoms with Crippen molar-refractivity contribution < 1.29 is 22.7 Å². The lowest BCUT2D eigenvalue weighted by Crippen LogP contribution is -2.53. The van der Waals surface area contributed by atoms with E-state index < -0.39 is 17.8 Å². The van der Waals surface area contributed by atoms with E-state index in [4.69, 9.17) is 4.74 Å². The number of nitrogens with one attached hydrogen (secondary N) is 3. The number of rotatable bonds is 7. The fraction of sp³-hybridized carbons (Fsp3) is 0.393. The highest BCUT2D eigenvalue weighted by molar-refractivity contribution is 5.99. The van der Waals surface area contributed by atoms with Crippen LogP contribution in [0.1, 0.15) is 31.9 Å². The minimum Gasteiger partial charge on any atom is -0.439 e. The standard InChI is InChI=1S/C28H34F3N7O2/c1-27(2,3)38-15-13-37(14-16-38)18-19-5-6-21(17-23(19)28(29,30)31)35-26(39)34-20-7-9-22(10-8-20)40-24-11-12-33-25(32-4)36-24/h5-12,17H,13-16,18H2,1-4H3,(H,32,33,36)(H2,34,35,39). The lowest BCUT2D eigenvalue weighted by Gasteiger charge is -2.42. The second-order valence-corrected chi connectivity index (χ2v) is 10.5. The Balaban J connectivity index is 1.36. The Morgan fingerprint density at radius 1 is 0.950 bits per heavy atom. The Labute approximate surface area is 231 Å². The average molecular weight is 558 g/mol. The molecule has 4 rings (SSSR count). The van der Waals surface area contributed by atoms with Crippen molar-refractivity contribution in [2.24, 2.45) is 0 Å². The highest BCUT2D eigenvalue weighted by Gasteiger charge is 2.35. The molecule has 1 aliphatic heterocycles. The number of benzene rings is 2. The van der Waals surface area contributed by atoms with Crippen molar-refractivity contribution in [2.45, 2.75) is 39.0 Å². The maximum absolute atomic E-state index is 13.9. The normalized spacial score (nSPS) is 15.0. The predicted octanol–water partition coefficient (Wildman–Crippen LogP) is 5.89. The number of amides is 2. The summed E-state index contributed by atoms with van der Waals surface area (Å²) >= 11 is 0. The molecule has 3 aromatic rings. The summed E-state index contributed by atoms with van der Waals surface area (Å²) in [5.74, 6) is 1.24. The molecule has 1 aromatic heterocycles. The molecular weight excluding hydrogens is 523 g/mol. The molecule has 214 valence electrons. The molecule has 0 saturated carbocycles. The first kappa shape index (κ1) is 29.1. The number of carbonyl (C=O) groups is 1. The molecule has 1 fully saturated rings. The van der Waals surface area contributed by atoms with Gasteiger partial charge in [0.25, 0.3) is 0 Å². The van der Waals surface area contributed by atoms with Crippen molar-refractivity contribution in [2.75, 3.05) is 49.2 Å². The summed E-state index contributed by atoms with van der Waals surface area (Å²) in [5.41, 5.74) is -0.0537. The third-order valence-corrected chi connectivity index (χ3v) is 6.58. The van der Waals surface area contributed by atoms with Gasteiger partial charge in [-0.1, -0.05) is 6.07 Å². The molecule has 12 heteroatoms. The SMILES string of the molecule is CNc1nccc(Oc2ccc(NC(=O)Nc3ccc(CN4CCN(C(C)(C)C)CC4)c(C(F)(F)F)c3)cc2)n1. The number of aromatic nitrogens is 2. The minimum atomic E-state index is -4.55. The van der Waals surface area contributed by atoms with Gasteiger partial charge in [-0.05, 0) is 62.7 Å². The predicted molar refractivity (Wildman–Crippen MR) is 149 cm³/mol. The Kier molecular flexibility index (Phi) is 8.79. The summed E-state index contributed by atoms with van der Waals surface area (Å²) in [5, 5.41) is 7.94. The zero-order chi connectivity index (χ0) is 28.9. The zero-order valence-electron chi connectivity index (χ0n) is 23.0. The molecule has 2 heterocycles. The first-order chi connectivity index (χ1) is 18.9. The maximum atomic E-state index is 13.9. The molecule has 40 heavy (non-hydrogen) atoms. The second kappa shape index (κ2) is 12.1. The molecule has 3 N–H and O–H groups in total. The molecule has 2 amide bonds. The molecule has 1 aliphatic rings. The summed E-state index contributed by atoms with van der Waals surface area (Å²) in [7, 11) is 1.69. The minimum absolute atomic E-state index is 0.0290. The Hall–Kier alpha value is -3.90. The van der Waals surface area contributed by atoms with Gasteiger partial charge in [-0.15, -0.1) is 0 Å². The van der Waals surface area contributed by atoms with E-state index >= 15 is 0 Å². The van der Waals surface area contributed by atoms with Gasteiger partial charge in [0.1, 0.15) is 5.75 Å². The molecule has 9 nitrogen and oxygen atoms in total. The number of piperazine rings is 1. The van der Waals surface area contributed by atoms with Gasteiger partial charge in [-0.3, -0.25) is 9.80 Å². The van der Waals surface area contributed by atoms with E-state index in [1.807, 2.05) is 4.90 Å². The maximum Gasteiger partial charge on any atom is 0.416 e. The second-order valence-electron chi connectivity index (χ2n) is 10.5. The summed E-state index contributed by atoms with van der Waals surface area (Å²) < 4.78 is 47.5. The van der Waals surface area contributed by atoms with Crippen LogP contribution in [0.3, 0.4) is 0 Å². The van der Waals surface area contributed by atoms with Gasteiger partial charge in [0.15, 0.2) is 0 Å². The third-order valence-electron chi connectivity index (χ3n) is 6.58. The summed E-state index contributed by atoms with van der Waals surface area (Å²) in [6, 6.07) is 11.3. The fourth-order valence-electron chi connectivity index (χ4n) is 4.41. The van der Waals surface area contributed by atoms with Crippen LogP contribution in [0.15, 0.2) is 54.7 Å². The molecule has 0 bridgehead atoms. The lowest BCUT2D eigenvalue weighted by atomic mass is 10.0. The zero-order valence-corrected chi connectivity index (χ0v) is 23.0. The van der Waals surface area contributed by atoms with Crippen molar-refractivity contribution >= 4 is 23.4 Å². The first-order valence-electron chi connectivity index (χ1n) is 12.9. The Morgan fingerprint density at radius 2 is 1.60 bits per heavy atom. The average Bonchev–Trinajstić information content (AvgIpc) is 2.90. The first-order valence-corrected chi connectivity index (χ1v) is 12.9. The van der Waals surface area contributed by atoms with Crippen LogP contribution >= 0.6 is 0 Å². The molecule has 2 aromatic carbocycles. The Morgan fingerprint density at radius 3 is 2.23 bits per heavy atom. The van der Waals surface area contributed by atoms with E-state index in [2.05, 4.69) is 51.6 Å². The van der Waals surface area contributed by atoms with Crippen LogP contribution in [0.5, 0.6) is 11.6 Å². The van der Waals surface area contributed by atoms with E-state index in [0.717, 1.165) is 19.2 Å². The lowest BCUT2D eigenvalue weighted by molar-refractivity contribution is -0.138. The highest BCUT2D eigenvalue weighted by Crippen LogP contribution is 2.35. The van der Waals surface area contributed by atoms with Gasteiger partial charge < -0.3 is 20.7 Å². The number of hydrogen-bond acceptors (Lipinski definition) is 7. The van der Waals surface area contributed by atoms with Crippen molar-refractivity contribution in [1.82, 2.24) is 19.8 Å². The molecule has 0 unspecified atom stereocenters. The summed E-state index contributed by atoms with van der Waals surface area (Å²) in [6.45, 7) is 9.59. The van der Waals surface area contributed by atoms with E-state index in [1.54, 1.807) is 43.6 Å². The third kappa shape index (κ3) is 7.82. The molecular formula is C28H34F3N7O2. The quantitative estimate of drug-likeness (QED) is 0.334. The number of nitrogens with zero attached hydrogens (tertiary/aromatic N) is 4. The van der Waals surface area contributed by atoms with E-state index in [1.165, 1.54) is 12.1 Å².